The van der Waals surface area contributed by atoms with Crippen LogP contribution in [0.3, 0.4) is 0 Å². The van der Waals surface area contributed by atoms with Crippen LogP contribution in [0.4, 0.5) is 5.82 Å². The first-order valence-corrected chi connectivity index (χ1v) is 4.62. The second kappa shape index (κ2) is 3.61. The highest BCUT2D eigenvalue weighted by atomic mass is 16.1. The minimum atomic E-state index is 0.00403. The van der Waals surface area contributed by atoms with Gasteiger partial charge in [-0.3, -0.25) is 9.78 Å². The zero-order valence-corrected chi connectivity index (χ0v) is 7.73. The van der Waals surface area contributed by atoms with Gasteiger partial charge >= 0.3 is 0 Å². The quantitative estimate of drug-likeness (QED) is 0.674. The van der Waals surface area contributed by atoms with E-state index in [9.17, 15) is 4.79 Å². The van der Waals surface area contributed by atoms with Crippen molar-refractivity contribution in [3.8, 4) is 0 Å². The molecular formula is C9H12N4O. The molecule has 1 saturated heterocycles. The first kappa shape index (κ1) is 8.93. The Kier molecular flexibility index (Phi) is 2.30. The highest BCUT2D eigenvalue weighted by Crippen LogP contribution is 2.21. The third kappa shape index (κ3) is 1.81. The minimum absolute atomic E-state index is 0.00403. The standard InChI is InChI=1S/C9H12N4O/c10-8-5-11-7(4-12-8)6-2-1-3-9(14)13-6/h4-6H,1-3H2,(H2,10,12)(H,13,14). The molecule has 0 aliphatic carbocycles. The predicted octanol–water partition coefficient (Wildman–Crippen LogP) is 0.400. The first-order valence-electron chi connectivity index (χ1n) is 4.62. The largest absolute Gasteiger partial charge is 0.382 e. The average Bonchev–Trinajstić information content (AvgIpc) is 2.19. The van der Waals surface area contributed by atoms with Crippen molar-refractivity contribution in [2.75, 3.05) is 5.73 Å². The van der Waals surface area contributed by atoms with E-state index >= 15 is 0 Å². The molecule has 1 fully saturated rings. The molecule has 0 aromatic carbocycles. The lowest BCUT2D eigenvalue weighted by molar-refractivity contribution is -0.123. The van der Waals surface area contributed by atoms with Crippen LogP contribution in [0.25, 0.3) is 0 Å². The fourth-order valence-corrected chi connectivity index (χ4v) is 1.56. The van der Waals surface area contributed by atoms with Crippen LogP contribution in [0.2, 0.25) is 0 Å². The van der Waals surface area contributed by atoms with E-state index in [-0.39, 0.29) is 11.9 Å². The van der Waals surface area contributed by atoms with E-state index in [0.717, 1.165) is 18.5 Å². The van der Waals surface area contributed by atoms with Gasteiger partial charge < -0.3 is 11.1 Å². The summed E-state index contributed by atoms with van der Waals surface area (Å²) in [6.45, 7) is 0. The Balaban J connectivity index is 2.14. The first-order chi connectivity index (χ1) is 6.75. The molecule has 0 bridgehead atoms. The lowest BCUT2D eigenvalue weighted by atomic mass is 10.0. The Morgan fingerprint density at radius 2 is 2.29 bits per heavy atom. The predicted molar refractivity (Wildman–Crippen MR) is 51.2 cm³/mol. The Morgan fingerprint density at radius 3 is 2.93 bits per heavy atom. The van der Waals surface area contributed by atoms with Crippen molar-refractivity contribution in [2.45, 2.75) is 25.3 Å². The molecule has 1 aromatic heterocycles. The van der Waals surface area contributed by atoms with Gasteiger partial charge in [0.05, 0.1) is 24.1 Å². The zero-order valence-electron chi connectivity index (χ0n) is 7.73. The van der Waals surface area contributed by atoms with E-state index in [4.69, 9.17) is 5.73 Å². The Bertz CT molecular complexity index is 335. The highest BCUT2D eigenvalue weighted by Gasteiger charge is 2.20. The molecule has 1 amide bonds. The van der Waals surface area contributed by atoms with Gasteiger partial charge in [-0.05, 0) is 12.8 Å². The van der Waals surface area contributed by atoms with Gasteiger partial charge in [-0.2, -0.15) is 0 Å². The molecule has 3 N–H and O–H groups in total. The van der Waals surface area contributed by atoms with Gasteiger partial charge in [0.2, 0.25) is 5.91 Å². The van der Waals surface area contributed by atoms with Gasteiger partial charge in [0.15, 0.2) is 0 Å². The molecule has 0 spiro atoms. The van der Waals surface area contributed by atoms with E-state index in [1.807, 2.05) is 0 Å². The van der Waals surface area contributed by atoms with E-state index < -0.39 is 0 Å². The third-order valence-electron chi connectivity index (χ3n) is 2.28. The van der Waals surface area contributed by atoms with Crippen molar-refractivity contribution >= 4 is 11.7 Å². The summed E-state index contributed by atoms with van der Waals surface area (Å²) in [5.74, 6) is 0.482. The molecule has 1 unspecified atom stereocenters. The molecule has 1 aliphatic heterocycles. The van der Waals surface area contributed by atoms with Crippen LogP contribution in [0.15, 0.2) is 12.4 Å². The third-order valence-corrected chi connectivity index (χ3v) is 2.28. The van der Waals surface area contributed by atoms with Gasteiger partial charge in [0.25, 0.3) is 0 Å². The second-order valence-electron chi connectivity index (χ2n) is 3.38. The van der Waals surface area contributed by atoms with Crippen molar-refractivity contribution in [3.05, 3.63) is 18.1 Å². The summed E-state index contributed by atoms with van der Waals surface area (Å²) in [4.78, 5) is 19.2. The lowest BCUT2D eigenvalue weighted by Gasteiger charge is -2.22. The maximum Gasteiger partial charge on any atom is 0.220 e. The van der Waals surface area contributed by atoms with Crippen molar-refractivity contribution < 1.29 is 4.79 Å². The molecule has 1 aromatic rings. The molecule has 5 heteroatoms. The number of hydrogen-bond acceptors (Lipinski definition) is 4. The number of nitrogens with two attached hydrogens (primary N) is 1. The highest BCUT2D eigenvalue weighted by molar-refractivity contribution is 5.77. The molecule has 14 heavy (non-hydrogen) atoms. The average molecular weight is 192 g/mol. The number of hydrogen-bond donors (Lipinski definition) is 2. The van der Waals surface area contributed by atoms with E-state index in [0.29, 0.717) is 12.2 Å². The normalized spacial score (nSPS) is 21.7. The van der Waals surface area contributed by atoms with Gasteiger partial charge in [-0.25, -0.2) is 4.98 Å². The molecule has 1 aliphatic rings. The van der Waals surface area contributed by atoms with Crippen molar-refractivity contribution in [1.29, 1.82) is 0 Å². The minimum Gasteiger partial charge on any atom is -0.382 e. The fourth-order valence-electron chi connectivity index (χ4n) is 1.56. The van der Waals surface area contributed by atoms with Crippen molar-refractivity contribution in [3.63, 3.8) is 0 Å². The molecule has 2 heterocycles. The summed E-state index contributed by atoms with van der Waals surface area (Å²) in [5.41, 5.74) is 6.21. The van der Waals surface area contributed by atoms with Gasteiger partial charge in [0.1, 0.15) is 5.82 Å². The summed E-state index contributed by atoms with van der Waals surface area (Å²) < 4.78 is 0. The number of nitrogens with zero attached hydrogens (tertiary/aromatic N) is 2. The van der Waals surface area contributed by atoms with Crippen LogP contribution in [0, 0.1) is 0 Å². The zero-order chi connectivity index (χ0) is 9.97. The summed E-state index contributed by atoms with van der Waals surface area (Å²) in [7, 11) is 0. The number of piperidine rings is 1. The number of anilines is 1. The number of nitrogens with one attached hydrogen (secondary N) is 1. The van der Waals surface area contributed by atoms with Gasteiger partial charge in [0, 0.05) is 6.42 Å². The summed E-state index contributed by atoms with van der Waals surface area (Å²) in [6.07, 6.45) is 5.56. The fraction of sp³-hybridized carbons (Fsp3) is 0.444. The number of carbonyl (C=O) groups excluding carboxylic acids is 1. The van der Waals surface area contributed by atoms with Crippen molar-refractivity contribution in [1.82, 2.24) is 15.3 Å². The Morgan fingerprint density at radius 1 is 1.43 bits per heavy atom. The van der Waals surface area contributed by atoms with E-state index in [1.165, 1.54) is 6.20 Å². The number of nitrogen functional groups attached to an aromatic ring is 1. The molecule has 5 nitrogen and oxygen atoms in total. The smallest absolute Gasteiger partial charge is 0.220 e. The van der Waals surface area contributed by atoms with Crippen LogP contribution in [-0.4, -0.2) is 15.9 Å². The van der Waals surface area contributed by atoms with Gasteiger partial charge in [-0.15, -0.1) is 0 Å². The van der Waals surface area contributed by atoms with Crippen LogP contribution >= 0.6 is 0 Å². The van der Waals surface area contributed by atoms with Gasteiger partial charge in [-0.1, -0.05) is 0 Å². The van der Waals surface area contributed by atoms with Crippen LogP contribution in [0.1, 0.15) is 31.0 Å². The second-order valence-corrected chi connectivity index (χ2v) is 3.38. The number of carbonyl (C=O) groups is 1. The van der Waals surface area contributed by atoms with E-state index in [1.54, 1.807) is 6.20 Å². The Hall–Kier alpha value is -1.65. The lowest BCUT2D eigenvalue weighted by Crippen LogP contribution is -2.32. The monoisotopic (exact) mass is 192 g/mol. The van der Waals surface area contributed by atoms with Crippen LogP contribution in [-0.2, 0) is 4.79 Å². The molecule has 0 radical (unpaired) electrons. The Labute approximate surface area is 81.7 Å². The molecule has 2 rings (SSSR count). The summed E-state index contributed by atoms with van der Waals surface area (Å²) in [6, 6.07) is 0.00403. The maximum atomic E-state index is 11.1. The molecule has 0 saturated carbocycles. The number of aromatic nitrogens is 2. The maximum absolute atomic E-state index is 11.1. The number of amides is 1. The SMILES string of the molecule is Nc1cnc(C2CCCC(=O)N2)cn1. The number of rotatable bonds is 1. The van der Waals surface area contributed by atoms with E-state index in [2.05, 4.69) is 15.3 Å². The molecule has 74 valence electrons. The van der Waals surface area contributed by atoms with Crippen LogP contribution < -0.4 is 11.1 Å². The molecular weight excluding hydrogens is 180 g/mol. The topological polar surface area (TPSA) is 80.9 Å². The van der Waals surface area contributed by atoms with Crippen molar-refractivity contribution in [2.24, 2.45) is 0 Å². The van der Waals surface area contributed by atoms with Crippen LogP contribution in [0.5, 0.6) is 0 Å². The molecule has 1 atom stereocenters. The summed E-state index contributed by atoms with van der Waals surface area (Å²) >= 11 is 0. The summed E-state index contributed by atoms with van der Waals surface area (Å²) in [5, 5.41) is 2.87.